The first-order chi connectivity index (χ1) is 39.6. The quantitative estimate of drug-likeness (QED) is 0.0228. The van der Waals surface area contributed by atoms with Gasteiger partial charge in [-0.15, -0.1) is 0 Å². The summed E-state index contributed by atoms with van der Waals surface area (Å²) in [7, 11) is 0. The molecule has 1 aliphatic heterocycles. The van der Waals surface area contributed by atoms with Gasteiger partial charge in [-0.1, -0.05) is 239 Å². The Morgan fingerprint density at radius 1 is 0.420 bits per heavy atom. The fourth-order valence-electron chi connectivity index (χ4n) is 9.03. The van der Waals surface area contributed by atoms with E-state index in [1.807, 2.05) is 0 Å². The number of aliphatic carboxylic acids is 1. The van der Waals surface area contributed by atoms with Crippen molar-refractivity contribution in [2.24, 2.45) is 0 Å². The van der Waals surface area contributed by atoms with Crippen molar-refractivity contribution in [2.75, 3.05) is 13.2 Å². The molecule has 1 heterocycles. The van der Waals surface area contributed by atoms with Crippen LogP contribution in [0.15, 0.2) is 109 Å². The molecule has 81 heavy (non-hydrogen) atoms. The molecule has 0 aromatic heterocycles. The number of allylic oxidation sites excluding steroid dienone is 18. The minimum Gasteiger partial charge on any atom is -0.479 e. The highest BCUT2D eigenvalue weighted by atomic mass is 16.7. The highest BCUT2D eigenvalue weighted by molar-refractivity contribution is 5.74. The highest BCUT2D eigenvalue weighted by Gasteiger charge is 2.50. The molecule has 6 unspecified atom stereocenters. The second-order valence-electron chi connectivity index (χ2n) is 21.3. The molecule has 0 aromatic carbocycles. The van der Waals surface area contributed by atoms with Crippen LogP contribution in [0.25, 0.3) is 0 Å². The van der Waals surface area contributed by atoms with Gasteiger partial charge >= 0.3 is 23.9 Å². The predicted molar refractivity (Wildman–Crippen MR) is 330 cm³/mol. The average Bonchev–Trinajstić information content (AvgIpc) is 3.53. The van der Waals surface area contributed by atoms with Crippen molar-refractivity contribution in [3.05, 3.63) is 109 Å². The standard InChI is InChI=1S/C69H112O12/c1-4-7-10-13-16-19-22-25-28-30-31-33-35-37-40-43-46-49-52-55-61(70)77-58-60(79-62(71)56-53-50-47-44-41-39-36-32-29-26-23-20-17-14-11-8-5-2)59-78-69-67(65(74)64(73)66(81-69)68(75)76)80-63(72)57-54-51-48-45-42-38-34-27-24-21-18-15-12-9-6-3/h7-8,10-11,16-17,19-20,25-26,28-29,31,33,36-37,39-40,60,64-67,69,73-74H,4-6,9,12-15,18,21-24,27,30,32,34-35,38,41-59H2,1-3H3,(H,75,76)/b10-7-,11-8-,19-16-,20-17-,28-25-,29-26-,33-31-,39-36-,40-37-. The second kappa shape index (κ2) is 55.9. The van der Waals surface area contributed by atoms with Gasteiger partial charge in [-0.3, -0.25) is 14.4 Å². The third kappa shape index (κ3) is 45.6. The number of rotatable bonds is 53. The molecule has 1 fully saturated rings. The Hall–Kier alpha value is -4.62. The van der Waals surface area contributed by atoms with E-state index in [4.69, 9.17) is 23.7 Å². The maximum Gasteiger partial charge on any atom is 0.335 e. The van der Waals surface area contributed by atoms with Crippen molar-refractivity contribution in [1.29, 1.82) is 0 Å². The summed E-state index contributed by atoms with van der Waals surface area (Å²) in [6, 6.07) is 0. The maximum absolute atomic E-state index is 13.2. The lowest BCUT2D eigenvalue weighted by Gasteiger charge is -2.40. The normalized spacial score (nSPS) is 18.5. The first-order valence-corrected chi connectivity index (χ1v) is 31.9. The molecular formula is C69H112O12. The van der Waals surface area contributed by atoms with Crippen LogP contribution < -0.4 is 0 Å². The fourth-order valence-corrected chi connectivity index (χ4v) is 9.03. The zero-order valence-electron chi connectivity index (χ0n) is 50.7. The Morgan fingerprint density at radius 2 is 0.778 bits per heavy atom. The van der Waals surface area contributed by atoms with E-state index in [2.05, 4.69) is 130 Å². The van der Waals surface area contributed by atoms with Crippen molar-refractivity contribution in [3.63, 3.8) is 0 Å². The SMILES string of the molecule is CC/C=C\C/C=C\C/C=C\C/C=C\C/C=C\CCCCCC(=O)OCC(COC1OC(C(=O)O)C(O)C(O)C1OC(=O)CCCCCCCCCCCCCCCCC)OC(=O)CCCCCC/C=C\C/C=C\C/C=C\C/C=C\CC. The molecule has 0 bridgehead atoms. The van der Waals surface area contributed by atoms with Gasteiger partial charge in [0.25, 0.3) is 0 Å². The number of ether oxygens (including phenoxy) is 5. The highest BCUT2D eigenvalue weighted by Crippen LogP contribution is 2.26. The van der Waals surface area contributed by atoms with Crippen LogP contribution in [0, 0.1) is 0 Å². The molecule has 6 atom stereocenters. The third-order valence-corrected chi connectivity index (χ3v) is 13.8. The van der Waals surface area contributed by atoms with Gasteiger partial charge in [-0.2, -0.15) is 0 Å². The molecule has 1 saturated heterocycles. The number of hydrogen-bond donors (Lipinski definition) is 3. The molecule has 12 heteroatoms. The van der Waals surface area contributed by atoms with Gasteiger partial charge in [-0.05, 0) is 103 Å². The van der Waals surface area contributed by atoms with E-state index in [0.717, 1.165) is 128 Å². The summed E-state index contributed by atoms with van der Waals surface area (Å²) < 4.78 is 28.5. The summed E-state index contributed by atoms with van der Waals surface area (Å²) >= 11 is 0. The third-order valence-electron chi connectivity index (χ3n) is 13.8. The lowest BCUT2D eigenvalue weighted by molar-refractivity contribution is -0.301. The first-order valence-electron chi connectivity index (χ1n) is 31.9. The fraction of sp³-hybridized carbons (Fsp3) is 0.681. The Bertz CT molecular complexity index is 1820. The molecule has 3 N–H and O–H groups in total. The number of aliphatic hydroxyl groups excluding tert-OH is 2. The van der Waals surface area contributed by atoms with E-state index < -0.39 is 67.3 Å². The monoisotopic (exact) mass is 1130 g/mol. The number of aliphatic hydroxyl groups is 2. The Morgan fingerprint density at radius 3 is 1.20 bits per heavy atom. The smallest absolute Gasteiger partial charge is 0.335 e. The zero-order valence-corrected chi connectivity index (χ0v) is 50.7. The molecule has 0 radical (unpaired) electrons. The molecule has 0 spiro atoms. The molecule has 12 nitrogen and oxygen atoms in total. The molecule has 0 aliphatic carbocycles. The lowest BCUT2D eigenvalue weighted by Crippen LogP contribution is -2.61. The van der Waals surface area contributed by atoms with Crippen LogP contribution in [0.2, 0.25) is 0 Å². The largest absolute Gasteiger partial charge is 0.479 e. The number of hydrogen-bond acceptors (Lipinski definition) is 11. The number of carbonyl (C=O) groups excluding carboxylic acids is 3. The van der Waals surface area contributed by atoms with E-state index in [9.17, 15) is 34.5 Å². The van der Waals surface area contributed by atoms with Crippen molar-refractivity contribution in [3.8, 4) is 0 Å². The summed E-state index contributed by atoms with van der Waals surface area (Å²) in [5.41, 5.74) is 0. The number of carboxylic acid groups (broad SMARTS) is 1. The maximum atomic E-state index is 13.2. The van der Waals surface area contributed by atoms with Gasteiger partial charge in [-0.25, -0.2) is 4.79 Å². The molecule has 0 amide bonds. The molecular weight excluding hydrogens is 1020 g/mol. The van der Waals surface area contributed by atoms with Crippen LogP contribution in [-0.2, 0) is 42.9 Å². The van der Waals surface area contributed by atoms with Gasteiger partial charge in [0.1, 0.15) is 18.8 Å². The van der Waals surface area contributed by atoms with Crippen molar-refractivity contribution >= 4 is 23.9 Å². The van der Waals surface area contributed by atoms with Gasteiger partial charge in [0.05, 0.1) is 6.61 Å². The van der Waals surface area contributed by atoms with Crippen molar-refractivity contribution in [2.45, 2.75) is 289 Å². The van der Waals surface area contributed by atoms with Gasteiger partial charge < -0.3 is 39.0 Å². The number of unbranched alkanes of at least 4 members (excludes halogenated alkanes) is 21. The number of esters is 3. The van der Waals surface area contributed by atoms with Gasteiger partial charge in [0.15, 0.2) is 24.6 Å². The second-order valence-corrected chi connectivity index (χ2v) is 21.3. The molecule has 1 rings (SSSR count). The van der Waals surface area contributed by atoms with Crippen molar-refractivity contribution < 1.29 is 58.2 Å². The van der Waals surface area contributed by atoms with Crippen LogP contribution in [0.1, 0.15) is 252 Å². The van der Waals surface area contributed by atoms with E-state index in [-0.39, 0.29) is 25.9 Å². The molecule has 1 aliphatic rings. The van der Waals surface area contributed by atoms with Crippen LogP contribution in [0.3, 0.4) is 0 Å². The van der Waals surface area contributed by atoms with Crippen molar-refractivity contribution in [1.82, 2.24) is 0 Å². The van der Waals surface area contributed by atoms with Crippen LogP contribution >= 0.6 is 0 Å². The Balaban J connectivity index is 2.72. The van der Waals surface area contributed by atoms with Gasteiger partial charge in [0, 0.05) is 19.3 Å². The summed E-state index contributed by atoms with van der Waals surface area (Å²) in [4.78, 5) is 51.3. The van der Waals surface area contributed by atoms with Crippen LogP contribution in [0.4, 0.5) is 0 Å². The number of carbonyl (C=O) groups is 4. The zero-order chi connectivity index (χ0) is 58.9. The van der Waals surface area contributed by atoms with Gasteiger partial charge in [0.2, 0.25) is 0 Å². The minimum absolute atomic E-state index is 0.0522. The summed E-state index contributed by atoms with van der Waals surface area (Å²) in [6.45, 7) is 5.73. The molecule has 460 valence electrons. The molecule has 0 saturated carbocycles. The van der Waals surface area contributed by atoms with E-state index >= 15 is 0 Å². The predicted octanol–water partition coefficient (Wildman–Crippen LogP) is 17.0. The number of carboxylic acids is 1. The molecule has 0 aromatic rings. The van der Waals surface area contributed by atoms with E-state index in [1.54, 1.807) is 0 Å². The summed E-state index contributed by atoms with van der Waals surface area (Å²) in [5, 5.41) is 31.6. The first kappa shape index (κ1) is 74.4. The average molecular weight is 1130 g/mol. The van der Waals surface area contributed by atoms with E-state index in [0.29, 0.717) is 19.3 Å². The van der Waals surface area contributed by atoms with Crippen LogP contribution in [-0.4, -0.2) is 89.2 Å². The van der Waals surface area contributed by atoms with Crippen LogP contribution in [0.5, 0.6) is 0 Å². The summed E-state index contributed by atoms with van der Waals surface area (Å²) in [6.07, 6.45) is 63.3. The minimum atomic E-state index is -1.92. The topological polar surface area (TPSA) is 175 Å². The van der Waals surface area contributed by atoms with E-state index in [1.165, 1.54) is 64.2 Å². The Kier molecular flexibility index (Phi) is 51.3. The lowest BCUT2D eigenvalue weighted by atomic mass is 9.98. The Labute approximate surface area is 491 Å². The summed E-state index contributed by atoms with van der Waals surface area (Å²) in [5.74, 6) is -3.20.